The molecule has 0 saturated carbocycles. The van der Waals surface area contributed by atoms with Gasteiger partial charge < -0.3 is 10.1 Å². The number of hydrogen-bond donors (Lipinski definition) is 2. The topological polar surface area (TPSA) is 50.4 Å². The first-order valence-electron chi connectivity index (χ1n) is 6.33. The fraction of sp³-hybridized carbons (Fsp3) is 0.500. The summed E-state index contributed by atoms with van der Waals surface area (Å²) in [5, 5.41) is 6.06. The van der Waals surface area contributed by atoms with Crippen molar-refractivity contribution in [1.29, 1.82) is 0 Å². The monoisotopic (exact) mass is 250 g/mol. The first-order chi connectivity index (χ1) is 8.52. The molecule has 18 heavy (non-hydrogen) atoms. The molecule has 0 saturated heterocycles. The third-order valence-corrected chi connectivity index (χ3v) is 2.80. The number of anilines is 2. The van der Waals surface area contributed by atoms with Gasteiger partial charge in [-0.2, -0.15) is 0 Å². The zero-order chi connectivity index (χ0) is 13.5. The Balaban J connectivity index is 2.54. The number of benzene rings is 1. The van der Waals surface area contributed by atoms with E-state index >= 15 is 0 Å². The summed E-state index contributed by atoms with van der Waals surface area (Å²) < 4.78 is 4.81. The molecule has 0 aliphatic rings. The molecule has 2 N–H and O–H groups in total. The van der Waals surface area contributed by atoms with E-state index < -0.39 is 6.09 Å². The average molecular weight is 250 g/mol. The predicted octanol–water partition coefficient (Wildman–Crippen LogP) is 3.71. The molecule has 1 unspecified atom stereocenters. The molecule has 0 aliphatic carbocycles. The van der Waals surface area contributed by atoms with Gasteiger partial charge in [0.1, 0.15) is 0 Å². The van der Waals surface area contributed by atoms with Gasteiger partial charge in [-0.3, -0.25) is 5.32 Å². The molecule has 1 aromatic carbocycles. The van der Waals surface area contributed by atoms with Gasteiger partial charge in [0.15, 0.2) is 0 Å². The van der Waals surface area contributed by atoms with Crippen LogP contribution in [-0.2, 0) is 4.74 Å². The van der Waals surface area contributed by atoms with Crippen molar-refractivity contribution in [3.63, 3.8) is 0 Å². The van der Waals surface area contributed by atoms with Gasteiger partial charge in [0, 0.05) is 17.4 Å². The summed E-state index contributed by atoms with van der Waals surface area (Å²) in [6.45, 7) is 8.65. The number of amides is 1. The van der Waals surface area contributed by atoms with Crippen LogP contribution >= 0.6 is 0 Å². The Hall–Kier alpha value is -1.71. The summed E-state index contributed by atoms with van der Waals surface area (Å²) in [7, 11) is 0. The van der Waals surface area contributed by atoms with Gasteiger partial charge in [-0.1, -0.05) is 13.8 Å². The van der Waals surface area contributed by atoms with E-state index in [0.29, 0.717) is 18.6 Å². The van der Waals surface area contributed by atoms with Crippen molar-refractivity contribution in [2.75, 3.05) is 17.2 Å². The van der Waals surface area contributed by atoms with Crippen molar-refractivity contribution in [2.24, 2.45) is 5.92 Å². The second-order valence-corrected chi connectivity index (χ2v) is 4.60. The number of rotatable bonds is 5. The highest BCUT2D eigenvalue weighted by Crippen LogP contribution is 2.16. The number of carbonyl (C=O) groups excluding carboxylic acids is 1. The number of hydrogen-bond acceptors (Lipinski definition) is 3. The molecule has 4 heteroatoms. The summed E-state index contributed by atoms with van der Waals surface area (Å²) in [4.78, 5) is 11.2. The van der Waals surface area contributed by atoms with E-state index in [1.54, 1.807) is 6.92 Å². The largest absolute Gasteiger partial charge is 0.450 e. The Kier molecular flexibility index (Phi) is 5.49. The van der Waals surface area contributed by atoms with Crippen LogP contribution in [0.5, 0.6) is 0 Å². The third kappa shape index (κ3) is 4.65. The van der Waals surface area contributed by atoms with Crippen molar-refractivity contribution >= 4 is 17.5 Å². The van der Waals surface area contributed by atoms with Crippen LogP contribution in [0.3, 0.4) is 0 Å². The molecule has 0 aromatic heterocycles. The van der Waals surface area contributed by atoms with E-state index in [1.165, 1.54) is 0 Å². The molecule has 1 aromatic rings. The lowest BCUT2D eigenvalue weighted by atomic mass is 10.1. The lowest BCUT2D eigenvalue weighted by molar-refractivity contribution is 0.168. The van der Waals surface area contributed by atoms with E-state index in [0.717, 1.165) is 11.4 Å². The van der Waals surface area contributed by atoms with Gasteiger partial charge in [0.25, 0.3) is 0 Å². The first-order valence-corrected chi connectivity index (χ1v) is 6.33. The molecule has 1 amide bonds. The molecular weight excluding hydrogens is 228 g/mol. The molecule has 0 aliphatic heterocycles. The van der Waals surface area contributed by atoms with Gasteiger partial charge >= 0.3 is 6.09 Å². The summed E-state index contributed by atoms with van der Waals surface area (Å²) in [5.41, 5.74) is 1.78. The fourth-order valence-electron chi connectivity index (χ4n) is 1.36. The van der Waals surface area contributed by atoms with E-state index in [4.69, 9.17) is 4.74 Å². The normalized spacial score (nSPS) is 12.1. The van der Waals surface area contributed by atoms with Crippen molar-refractivity contribution in [3.05, 3.63) is 24.3 Å². The fourth-order valence-corrected chi connectivity index (χ4v) is 1.36. The lowest BCUT2D eigenvalue weighted by Gasteiger charge is -2.19. The average Bonchev–Trinajstić information content (AvgIpc) is 2.31. The molecule has 1 rings (SSSR count). The van der Waals surface area contributed by atoms with Gasteiger partial charge in [0.2, 0.25) is 0 Å². The second-order valence-electron chi connectivity index (χ2n) is 4.60. The molecule has 0 radical (unpaired) electrons. The van der Waals surface area contributed by atoms with Crippen LogP contribution in [0, 0.1) is 5.92 Å². The minimum Gasteiger partial charge on any atom is -0.450 e. The summed E-state index contributed by atoms with van der Waals surface area (Å²) in [6, 6.07) is 8.01. The van der Waals surface area contributed by atoms with Crippen LogP contribution in [0.1, 0.15) is 27.7 Å². The Bertz CT molecular complexity index is 374. The zero-order valence-corrected chi connectivity index (χ0v) is 11.5. The van der Waals surface area contributed by atoms with Crippen molar-refractivity contribution < 1.29 is 9.53 Å². The maximum Gasteiger partial charge on any atom is 0.411 e. The number of carbonyl (C=O) groups is 1. The molecule has 0 fully saturated rings. The smallest absolute Gasteiger partial charge is 0.411 e. The van der Waals surface area contributed by atoms with Crippen LogP contribution < -0.4 is 10.6 Å². The zero-order valence-electron chi connectivity index (χ0n) is 11.5. The summed E-state index contributed by atoms with van der Waals surface area (Å²) in [6.07, 6.45) is -0.422. The van der Waals surface area contributed by atoms with Crippen LogP contribution in [0.25, 0.3) is 0 Å². The maximum atomic E-state index is 11.2. The molecular formula is C14H22N2O2. The van der Waals surface area contributed by atoms with Crippen molar-refractivity contribution in [1.82, 2.24) is 0 Å². The summed E-state index contributed by atoms with van der Waals surface area (Å²) >= 11 is 0. The van der Waals surface area contributed by atoms with Gasteiger partial charge in [-0.25, -0.2) is 4.79 Å². The SMILES string of the molecule is CCOC(=O)Nc1ccc(NC(C)C(C)C)cc1. The van der Waals surface area contributed by atoms with E-state index in [9.17, 15) is 4.79 Å². The Morgan fingerprint density at radius 1 is 1.17 bits per heavy atom. The van der Waals surface area contributed by atoms with Crippen LogP contribution in [-0.4, -0.2) is 18.7 Å². The highest BCUT2D eigenvalue weighted by Gasteiger charge is 2.06. The van der Waals surface area contributed by atoms with E-state index in [-0.39, 0.29) is 0 Å². The third-order valence-electron chi connectivity index (χ3n) is 2.80. The second kappa shape index (κ2) is 6.89. The van der Waals surface area contributed by atoms with Crippen LogP contribution in [0.4, 0.5) is 16.2 Å². The molecule has 4 nitrogen and oxygen atoms in total. The van der Waals surface area contributed by atoms with Crippen LogP contribution in [0.2, 0.25) is 0 Å². The molecule has 100 valence electrons. The lowest BCUT2D eigenvalue weighted by Crippen LogP contribution is -2.21. The predicted molar refractivity (Wildman–Crippen MR) is 75.0 cm³/mol. The quantitative estimate of drug-likeness (QED) is 0.837. The standard InChI is InChI=1S/C14H22N2O2/c1-5-18-14(17)16-13-8-6-12(7-9-13)15-11(4)10(2)3/h6-11,15H,5H2,1-4H3,(H,16,17). The highest BCUT2D eigenvalue weighted by molar-refractivity contribution is 5.84. The van der Waals surface area contributed by atoms with E-state index in [2.05, 4.69) is 31.4 Å². The number of ether oxygens (including phenoxy) is 1. The Labute approximate surface area is 109 Å². The Morgan fingerprint density at radius 2 is 1.72 bits per heavy atom. The first kappa shape index (κ1) is 14.4. The molecule has 0 spiro atoms. The maximum absolute atomic E-state index is 11.2. The van der Waals surface area contributed by atoms with Gasteiger partial charge in [-0.15, -0.1) is 0 Å². The van der Waals surface area contributed by atoms with Crippen LogP contribution in [0.15, 0.2) is 24.3 Å². The Morgan fingerprint density at radius 3 is 2.22 bits per heavy atom. The molecule has 1 atom stereocenters. The molecule has 0 bridgehead atoms. The summed E-state index contributed by atoms with van der Waals surface area (Å²) in [5.74, 6) is 0.572. The minimum absolute atomic E-state index is 0.372. The molecule has 0 heterocycles. The van der Waals surface area contributed by atoms with Gasteiger partial charge in [0.05, 0.1) is 6.61 Å². The number of nitrogens with one attached hydrogen (secondary N) is 2. The van der Waals surface area contributed by atoms with E-state index in [1.807, 2.05) is 24.3 Å². The van der Waals surface area contributed by atoms with Crippen molar-refractivity contribution in [3.8, 4) is 0 Å². The minimum atomic E-state index is -0.422. The van der Waals surface area contributed by atoms with Crippen molar-refractivity contribution in [2.45, 2.75) is 33.7 Å². The highest BCUT2D eigenvalue weighted by atomic mass is 16.5. The van der Waals surface area contributed by atoms with Gasteiger partial charge in [-0.05, 0) is 44.0 Å².